The van der Waals surface area contributed by atoms with Crippen molar-refractivity contribution in [3.63, 3.8) is 0 Å². The molecule has 0 radical (unpaired) electrons. The van der Waals surface area contributed by atoms with E-state index in [1.165, 1.54) is 36.0 Å². The summed E-state index contributed by atoms with van der Waals surface area (Å²) in [7, 11) is 0. The zero-order valence-electron chi connectivity index (χ0n) is 9.09. The summed E-state index contributed by atoms with van der Waals surface area (Å²) < 4.78 is 27.1. The molecule has 0 nitrogen and oxygen atoms in total. The first-order valence-corrected chi connectivity index (χ1v) is 7.23. The van der Waals surface area contributed by atoms with Crippen LogP contribution >= 0.6 is 39.3 Å². The lowest BCUT2D eigenvalue weighted by atomic mass is 10.2. The van der Waals surface area contributed by atoms with Crippen LogP contribution in [-0.4, -0.2) is 0 Å². The lowest BCUT2D eigenvalue weighted by Crippen LogP contribution is -1.86. The Morgan fingerprint density at radius 1 is 1.06 bits per heavy atom. The monoisotopic (exact) mass is 348 g/mol. The SMILES string of the molecule is Fc1cc(Cl)cc(SCc2cc(F)ccc2Br)c1. The van der Waals surface area contributed by atoms with Gasteiger partial charge < -0.3 is 0 Å². The van der Waals surface area contributed by atoms with Gasteiger partial charge in [-0.1, -0.05) is 27.5 Å². The lowest BCUT2D eigenvalue weighted by molar-refractivity contribution is 0.624. The second-order valence-electron chi connectivity index (χ2n) is 3.63. The molecule has 0 unspecified atom stereocenters. The number of thioether (sulfide) groups is 1. The number of hydrogen-bond acceptors (Lipinski definition) is 1. The molecule has 0 saturated heterocycles. The largest absolute Gasteiger partial charge is 0.207 e. The fraction of sp³-hybridized carbons (Fsp3) is 0.0769. The zero-order valence-corrected chi connectivity index (χ0v) is 12.2. The van der Waals surface area contributed by atoms with Crippen molar-refractivity contribution >= 4 is 39.3 Å². The Labute approximate surface area is 121 Å². The lowest BCUT2D eigenvalue weighted by Gasteiger charge is -2.05. The first kappa shape index (κ1) is 13.8. The average molecular weight is 350 g/mol. The van der Waals surface area contributed by atoms with Crippen LogP contribution in [0.1, 0.15) is 5.56 Å². The maximum Gasteiger partial charge on any atom is 0.125 e. The maximum absolute atomic E-state index is 13.1. The Kier molecular flexibility index (Phi) is 4.65. The molecule has 0 atom stereocenters. The van der Waals surface area contributed by atoms with Crippen LogP contribution < -0.4 is 0 Å². The summed E-state index contributed by atoms with van der Waals surface area (Å²) >= 11 is 10.5. The van der Waals surface area contributed by atoms with Crippen LogP contribution in [0.15, 0.2) is 45.8 Å². The molecule has 5 heteroatoms. The van der Waals surface area contributed by atoms with Gasteiger partial charge in [0.1, 0.15) is 11.6 Å². The third-order valence-corrected chi connectivity index (χ3v) is 4.25. The molecule has 2 rings (SSSR count). The summed E-state index contributed by atoms with van der Waals surface area (Å²) in [6, 6.07) is 8.84. The molecule has 0 heterocycles. The highest BCUT2D eigenvalue weighted by Gasteiger charge is 2.05. The third-order valence-electron chi connectivity index (χ3n) is 2.24. The second kappa shape index (κ2) is 6.04. The van der Waals surface area contributed by atoms with Crippen molar-refractivity contribution in [2.45, 2.75) is 10.6 Å². The number of benzene rings is 2. The molecule has 0 fully saturated rings. The van der Waals surface area contributed by atoms with Crippen molar-refractivity contribution in [1.29, 1.82) is 0 Å². The standard InChI is InChI=1S/C13H8BrClF2S/c14-13-2-1-10(16)3-8(13)7-18-12-5-9(15)4-11(17)6-12/h1-6H,7H2. The molecule has 0 spiro atoms. The van der Waals surface area contributed by atoms with Crippen molar-refractivity contribution in [3.05, 3.63) is 63.1 Å². The van der Waals surface area contributed by atoms with Crippen LogP contribution in [0.2, 0.25) is 5.02 Å². The third kappa shape index (κ3) is 3.70. The van der Waals surface area contributed by atoms with E-state index in [0.717, 1.165) is 14.9 Å². The second-order valence-corrected chi connectivity index (χ2v) is 5.97. The molecule has 2 aromatic carbocycles. The van der Waals surface area contributed by atoms with Crippen molar-refractivity contribution in [1.82, 2.24) is 0 Å². The van der Waals surface area contributed by atoms with E-state index < -0.39 is 0 Å². The Bertz CT molecular complexity index is 555. The normalized spacial score (nSPS) is 10.7. The first-order valence-electron chi connectivity index (χ1n) is 5.07. The highest BCUT2D eigenvalue weighted by atomic mass is 79.9. The molecule has 2 aromatic rings. The minimum Gasteiger partial charge on any atom is -0.207 e. The van der Waals surface area contributed by atoms with Gasteiger partial charge in [0.25, 0.3) is 0 Å². The van der Waals surface area contributed by atoms with Crippen molar-refractivity contribution in [3.8, 4) is 0 Å². The van der Waals surface area contributed by atoms with E-state index in [4.69, 9.17) is 11.6 Å². The average Bonchev–Trinajstić information content (AvgIpc) is 2.29. The fourth-order valence-corrected chi connectivity index (χ4v) is 3.25. The summed E-state index contributed by atoms with van der Waals surface area (Å²) in [4.78, 5) is 0.719. The molecule has 0 aromatic heterocycles. The predicted molar refractivity (Wildman–Crippen MR) is 75.1 cm³/mol. The number of hydrogen-bond donors (Lipinski definition) is 0. The molecule has 0 N–H and O–H groups in total. The molecule has 0 aliphatic rings. The number of halogens is 4. The Hall–Kier alpha value is -0.580. The van der Waals surface area contributed by atoms with Gasteiger partial charge in [-0.05, 0) is 42.0 Å². The van der Waals surface area contributed by atoms with Gasteiger partial charge in [-0.3, -0.25) is 0 Å². The van der Waals surface area contributed by atoms with E-state index in [-0.39, 0.29) is 11.6 Å². The van der Waals surface area contributed by atoms with Crippen molar-refractivity contribution in [2.75, 3.05) is 0 Å². The van der Waals surface area contributed by atoms with E-state index >= 15 is 0 Å². The van der Waals surface area contributed by atoms with Gasteiger partial charge in [0.15, 0.2) is 0 Å². The summed E-state index contributed by atoms with van der Waals surface area (Å²) in [5.74, 6) is -0.118. The van der Waals surface area contributed by atoms with E-state index in [1.807, 2.05) is 0 Å². The fourth-order valence-electron chi connectivity index (χ4n) is 1.43. The predicted octanol–water partition coefficient (Wildman–Crippen LogP) is 5.67. The summed E-state index contributed by atoms with van der Waals surface area (Å²) in [5, 5.41) is 0.357. The van der Waals surface area contributed by atoms with Gasteiger partial charge in [0, 0.05) is 20.1 Å². The highest BCUT2D eigenvalue weighted by molar-refractivity contribution is 9.10. The van der Waals surface area contributed by atoms with E-state index in [1.54, 1.807) is 12.1 Å². The Morgan fingerprint density at radius 2 is 1.83 bits per heavy atom. The summed E-state index contributed by atoms with van der Waals surface area (Å²) in [6.07, 6.45) is 0. The maximum atomic E-state index is 13.1. The van der Waals surface area contributed by atoms with Crippen molar-refractivity contribution < 1.29 is 8.78 Å². The van der Waals surface area contributed by atoms with Gasteiger partial charge in [-0.15, -0.1) is 11.8 Å². The van der Waals surface area contributed by atoms with Crippen LogP contribution in [0, 0.1) is 11.6 Å². The molecular weight excluding hydrogens is 342 g/mol. The van der Waals surface area contributed by atoms with Gasteiger partial charge in [0.2, 0.25) is 0 Å². The van der Waals surface area contributed by atoms with Crippen LogP contribution in [0.25, 0.3) is 0 Å². The highest BCUT2D eigenvalue weighted by Crippen LogP contribution is 2.29. The van der Waals surface area contributed by atoms with E-state index in [0.29, 0.717) is 10.8 Å². The Balaban J connectivity index is 2.13. The molecule has 94 valence electrons. The molecule has 0 saturated carbocycles. The summed E-state index contributed by atoms with van der Waals surface area (Å²) in [6.45, 7) is 0. The molecule has 0 bridgehead atoms. The minimum absolute atomic E-state index is 0.286. The van der Waals surface area contributed by atoms with Crippen LogP contribution in [0.4, 0.5) is 8.78 Å². The molecule has 18 heavy (non-hydrogen) atoms. The van der Waals surface area contributed by atoms with Gasteiger partial charge >= 0.3 is 0 Å². The van der Waals surface area contributed by atoms with Gasteiger partial charge in [0.05, 0.1) is 0 Å². The van der Waals surface area contributed by atoms with E-state index in [2.05, 4.69) is 15.9 Å². The minimum atomic E-state index is -0.372. The Morgan fingerprint density at radius 3 is 2.56 bits per heavy atom. The first-order chi connectivity index (χ1) is 8.54. The topological polar surface area (TPSA) is 0 Å². The van der Waals surface area contributed by atoms with Gasteiger partial charge in [-0.2, -0.15) is 0 Å². The van der Waals surface area contributed by atoms with Gasteiger partial charge in [-0.25, -0.2) is 8.78 Å². The smallest absolute Gasteiger partial charge is 0.125 e. The van der Waals surface area contributed by atoms with Crippen molar-refractivity contribution in [2.24, 2.45) is 0 Å². The molecule has 0 aliphatic carbocycles. The molecule has 0 amide bonds. The van der Waals surface area contributed by atoms with E-state index in [9.17, 15) is 8.78 Å². The number of rotatable bonds is 3. The van der Waals surface area contributed by atoms with Crippen LogP contribution in [0.3, 0.4) is 0 Å². The van der Waals surface area contributed by atoms with Crippen LogP contribution in [-0.2, 0) is 5.75 Å². The molecular formula is C13H8BrClF2S. The van der Waals surface area contributed by atoms with Crippen LogP contribution in [0.5, 0.6) is 0 Å². The quantitative estimate of drug-likeness (QED) is 0.643. The zero-order chi connectivity index (χ0) is 13.1. The molecule has 0 aliphatic heterocycles. The summed E-state index contributed by atoms with van der Waals surface area (Å²) in [5.41, 5.74) is 0.820.